The molecule has 6 nitrogen and oxygen atoms in total. The fraction of sp³-hybridized carbons (Fsp3) is 0.375. The maximum atomic E-state index is 13.4. The van der Waals surface area contributed by atoms with E-state index in [1.54, 1.807) is 29.2 Å². The van der Waals surface area contributed by atoms with Crippen LogP contribution in [0.4, 0.5) is 10.1 Å². The van der Waals surface area contributed by atoms with E-state index in [0.717, 1.165) is 38.2 Å². The third-order valence-electron chi connectivity index (χ3n) is 5.97. The van der Waals surface area contributed by atoms with Crippen LogP contribution in [0.3, 0.4) is 0 Å². The molecule has 4 rings (SSSR count). The van der Waals surface area contributed by atoms with Crippen LogP contribution < -0.4 is 10.6 Å². The van der Waals surface area contributed by atoms with Gasteiger partial charge in [0.25, 0.3) is 11.8 Å². The van der Waals surface area contributed by atoms with Crippen molar-refractivity contribution in [1.82, 2.24) is 10.2 Å². The zero-order valence-corrected chi connectivity index (χ0v) is 17.3. The van der Waals surface area contributed by atoms with E-state index in [4.69, 9.17) is 0 Å². The van der Waals surface area contributed by atoms with Crippen LogP contribution in [-0.2, 0) is 4.79 Å². The molecule has 1 saturated carbocycles. The van der Waals surface area contributed by atoms with E-state index in [1.165, 1.54) is 18.2 Å². The summed E-state index contributed by atoms with van der Waals surface area (Å²) < 4.78 is 13.4. The first-order chi connectivity index (χ1) is 15.0. The Hall–Kier alpha value is -3.22. The number of nitrogens with one attached hydrogen (secondary N) is 2. The summed E-state index contributed by atoms with van der Waals surface area (Å²) in [5.74, 6) is -1.26. The second-order valence-electron chi connectivity index (χ2n) is 8.19. The smallest absolute Gasteiger partial charge is 0.255 e. The highest BCUT2D eigenvalue weighted by atomic mass is 19.1. The minimum atomic E-state index is -0.493. The van der Waals surface area contributed by atoms with Gasteiger partial charge in [-0.3, -0.25) is 14.4 Å². The van der Waals surface area contributed by atoms with Crippen molar-refractivity contribution >= 4 is 23.4 Å². The topological polar surface area (TPSA) is 78.5 Å². The molecular formula is C24H26FN3O3. The van der Waals surface area contributed by atoms with Crippen molar-refractivity contribution in [3.8, 4) is 0 Å². The van der Waals surface area contributed by atoms with Crippen LogP contribution in [0.5, 0.6) is 0 Å². The summed E-state index contributed by atoms with van der Waals surface area (Å²) in [6.07, 6.45) is 5.70. The molecule has 162 valence electrons. The maximum absolute atomic E-state index is 13.4. The molecular weight excluding hydrogens is 397 g/mol. The van der Waals surface area contributed by atoms with Crippen LogP contribution in [0.1, 0.15) is 59.2 Å². The Balaban J connectivity index is 1.44. The minimum absolute atomic E-state index is 0.0756. The van der Waals surface area contributed by atoms with Gasteiger partial charge in [0.15, 0.2) is 0 Å². The molecule has 1 heterocycles. The summed E-state index contributed by atoms with van der Waals surface area (Å²) in [6, 6.07) is 11.8. The first kappa shape index (κ1) is 21.0. The zero-order chi connectivity index (χ0) is 21.8. The number of hydrogen-bond acceptors (Lipinski definition) is 3. The number of rotatable bonds is 5. The van der Waals surface area contributed by atoms with Gasteiger partial charge in [-0.25, -0.2) is 4.39 Å². The lowest BCUT2D eigenvalue weighted by Gasteiger charge is -2.25. The van der Waals surface area contributed by atoms with Crippen LogP contribution in [-0.4, -0.2) is 41.2 Å². The standard InChI is InChI=1S/C24H26FN3O3/c25-18-8-3-6-16(14-18)22(29)27-20-11-4-7-17(15-20)24(31)28-13-5-12-21(28)23(30)26-19-9-1-2-10-19/h3-4,6-8,11,14-15,19,21H,1-2,5,9-10,12-13H2,(H,26,30)(H,27,29). The van der Waals surface area contributed by atoms with Crippen molar-refractivity contribution < 1.29 is 18.8 Å². The van der Waals surface area contributed by atoms with Gasteiger partial charge in [-0.05, 0) is 62.1 Å². The SMILES string of the molecule is O=C(Nc1cccc(C(=O)N2CCCC2C(=O)NC2CCCC2)c1)c1cccc(F)c1. The molecule has 2 aliphatic rings. The number of hydrogen-bond donors (Lipinski definition) is 2. The Bertz CT molecular complexity index is 988. The highest BCUT2D eigenvalue weighted by Crippen LogP contribution is 2.24. The highest BCUT2D eigenvalue weighted by Gasteiger charge is 2.35. The van der Waals surface area contributed by atoms with Gasteiger partial charge in [-0.15, -0.1) is 0 Å². The number of anilines is 1. The largest absolute Gasteiger partial charge is 0.352 e. The van der Waals surface area contributed by atoms with Gasteiger partial charge in [0.2, 0.25) is 5.91 Å². The number of halogens is 1. The molecule has 3 amide bonds. The van der Waals surface area contributed by atoms with E-state index in [1.807, 2.05) is 0 Å². The number of benzene rings is 2. The normalized spacial score (nSPS) is 18.7. The second-order valence-corrected chi connectivity index (χ2v) is 8.19. The first-order valence-electron chi connectivity index (χ1n) is 10.8. The van der Waals surface area contributed by atoms with Gasteiger partial charge < -0.3 is 15.5 Å². The van der Waals surface area contributed by atoms with Crippen molar-refractivity contribution in [1.29, 1.82) is 0 Å². The van der Waals surface area contributed by atoms with Crippen molar-refractivity contribution in [2.24, 2.45) is 0 Å². The van der Waals surface area contributed by atoms with Crippen LogP contribution in [0.15, 0.2) is 48.5 Å². The quantitative estimate of drug-likeness (QED) is 0.769. The fourth-order valence-corrected chi connectivity index (χ4v) is 4.38. The van der Waals surface area contributed by atoms with Crippen LogP contribution in [0, 0.1) is 5.82 Å². The lowest BCUT2D eigenvalue weighted by atomic mass is 10.1. The van der Waals surface area contributed by atoms with E-state index in [2.05, 4.69) is 10.6 Å². The number of amides is 3. The molecule has 1 atom stereocenters. The Morgan fingerprint density at radius 3 is 2.42 bits per heavy atom. The van der Waals surface area contributed by atoms with E-state index in [9.17, 15) is 18.8 Å². The second kappa shape index (κ2) is 9.29. The molecule has 2 N–H and O–H groups in total. The van der Waals surface area contributed by atoms with Crippen molar-refractivity contribution in [2.45, 2.75) is 50.6 Å². The van der Waals surface area contributed by atoms with Crippen molar-refractivity contribution in [3.05, 3.63) is 65.5 Å². The van der Waals surface area contributed by atoms with Crippen LogP contribution >= 0.6 is 0 Å². The van der Waals surface area contributed by atoms with Crippen molar-refractivity contribution in [2.75, 3.05) is 11.9 Å². The number of likely N-dealkylation sites (tertiary alicyclic amines) is 1. The molecule has 0 radical (unpaired) electrons. The Labute approximate surface area is 180 Å². The Kier molecular flexibility index (Phi) is 6.30. The molecule has 0 aromatic heterocycles. The lowest BCUT2D eigenvalue weighted by Crippen LogP contribution is -2.48. The third kappa shape index (κ3) is 4.93. The predicted octanol–water partition coefficient (Wildman–Crippen LogP) is 3.74. The van der Waals surface area contributed by atoms with Crippen molar-refractivity contribution in [3.63, 3.8) is 0 Å². The molecule has 2 fully saturated rings. The molecule has 1 saturated heterocycles. The number of carbonyl (C=O) groups is 3. The molecule has 2 aromatic carbocycles. The molecule has 0 bridgehead atoms. The van der Waals surface area contributed by atoms with Crippen LogP contribution in [0.25, 0.3) is 0 Å². The summed E-state index contributed by atoms with van der Waals surface area (Å²) in [6.45, 7) is 0.529. The van der Waals surface area contributed by atoms with E-state index < -0.39 is 17.8 Å². The Morgan fingerprint density at radius 2 is 1.65 bits per heavy atom. The minimum Gasteiger partial charge on any atom is -0.352 e. The van der Waals surface area contributed by atoms with Gasteiger partial charge in [0.05, 0.1) is 0 Å². The summed E-state index contributed by atoms with van der Waals surface area (Å²) >= 11 is 0. The predicted molar refractivity (Wildman–Crippen MR) is 115 cm³/mol. The molecule has 31 heavy (non-hydrogen) atoms. The zero-order valence-electron chi connectivity index (χ0n) is 17.3. The van der Waals surface area contributed by atoms with Gasteiger partial charge >= 0.3 is 0 Å². The summed E-state index contributed by atoms with van der Waals surface area (Å²) in [5.41, 5.74) is 1.03. The lowest BCUT2D eigenvalue weighted by molar-refractivity contribution is -0.125. The number of carbonyl (C=O) groups excluding carboxylic acids is 3. The molecule has 1 unspecified atom stereocenters. The number of nitrogens with zero attached hydrogens (tertiary/aromatic N) is 1. The summed E-state index contributed by atoms with van der Waals surface area (Å²) in [5, 5.41) is 5.79. The van der Waals surface area contributed by atoms with Gasteiger partial charge in [-0.2, -0.15) is 0 Å². The van der Waals surface area contributed by atoms with Gasteiger partial charge in [-0.1, -0.05) is 25.0 Å². The van der Waals surface area contributed by atoms with E-state index in [-0.39, 0.29) is 23.4 Å². The molecule has 0 spiro atoms. The summed E-state index contributed by atoms with van der Waals surface area (Å²) in [7, 11) is 0. The molecule has 1 aliphatic carbocycles. The molecule has 7 heteroatoms. The van der Waals surface area contributed by atoms with E-state index in [0.29, 0.717) is 24.2 Å². The van der Waals surface area contributed by atoms with Gasteiger partial charge in [0, 0.05) is 29.4 Å². The maximum Gasteiger partial charge on any atom is 0.255 e. The third-order valence-corrected chi connectivity index (χ3v) is 5.97. The molecule has 1 aliphatic heterocycles. The average molecular weight is 423 g/mol. The van der Waals surface area contributed by atoms with Gasteiger partial charge in [0.1, 0.15) is 11.9 Å². The van der Waals surface area contributed by atoms with E-state index >= 15 is 0 Å². The molecule has 2 aromatic rings. The monoisotopic (exact) mass is 423 g/mol. The van der Waals surface area contributed by atoms with Crippen LogP contribution in [0.2, 0.25) is 0 Å². The Morgan fingerprint density at radius 1 is 0.903 bits per heavy atom. The summed E-state index contributed by atoms with van der Waals surface area (Å²) in [4.78, 5) is 39.9. The fourth-order valence-electron chi connectivity index (χ4n) is 4.38. The highest BCUT2D eigenvalue weighted by molar-refractivity contribution is 6.05. The first-order valence-corrected chi connectivity index (χ1v) is 10.8. The average Bonchev–Trinajstić information content (AvgIpc) is 3.45.